The van der Waals surface area contributed by atoms with Crippen LogP contribution >= 0.6 is 0 Å². The predicted octanol–water partition coefficient (Wildman–Crippen LogP) is 6.23. The van der Waals surface area contributed by atoms with Gasteiger partial charge in [0.25, 0.3) is 0 Å². The number of nitrogens with zero attached hydrogens (tertiary/aromatic N) is 1. The van der Waals surface area contributed by atoms with Gasteiger partial charge in [-0.15, -0.1) is 0 Å². The summed E-state index contributed by atoms with van der Waals surface area (Å²) in [5.74, 6) is 0.501. The molecule has 1 aromatic heterocycles. The summed E-state index contributed by atoms with van der Waals surface area (Å²) in [5, 5.41) is 10.2. The lowest BCUT2D eigenvalue weighted by Crippen LogP contribution is -2.16. The molecule has 0 fully saturated rings. The van der Waals surface area contributed by atoms with Gasteiger partial charge in [0.15, 0.2) is 5.76 Å². The molecule has 1 aliphatic rings. The summed E-state index contributed by atoms with van der Waals surface area (Å²) in [4.78, 5) is 12.6. The maximum Gasteiger partial charge on any atom is 0.412 e. The first kappa shape index (κ1) is 21.0. The van der Waals surface area contributed by atoms with Crippen molar-refractivity contribution >= 4 is 11.8 Å². The zero-order valence-electron chi connectivity index (χ0n) is 18.6. The van der Waals surface area contributed by atoms with E-state index in [4.69, 9.17) is 9.26 Å². The molecule has 5 rings (SSSR count). The summed E-state index contributed by atoms with van der Waals surface area (Å²) in [6, 6.07) is 24.2. The molecule has 1 aliphatic heterocycles. The summed E-state index contributed by atoms with van der Waals surface area (Å²) in [5.41, 5.74) is 7.85. The van der Waals surface area contributed by atoms with Crippen LogP contribution in [0.2, 0.25) is 0 Å². The SMILES string of the molecule is Cc1noc(-c2ccc(-c3ccc4c(c3)CNC4)cc2)c1NC(=O)OC(C)c1ccccc1. The van der Waals surface area contributed by atoms with Crippen molar-refractivity contribution < 1.29 is 14.1 Å². The number of rotatable bonds is 5. The van der Waals surface area contributed by atoms with Crippen LogP contribution in [0.4, 0.5) is 10.5 Å². The van der Waals surface area contributed by atoms with Crippen LogP contribution in [-0.2, 0) is 17.8 Å². The highest BCUT2D eigenvalue weighted by atomic mass is 16.6. The molecule has 0 saturated heterocycles. The summed E-state index contributed by atoms with van der Waals surface area (Å²) < 4.78 is 11.1. The zero-order chi connectivity index (χ0) is 22.8. The molecule has 33 heavy (non-hydrogen) atoms. The third-order valence-electron chi connectivity index (χ3n) is 5.96. The first-order valence-corrected chi connectivity index (χ1v) is 11.0. The standard InChI is InChI=1S/C27H25N3O3/c1-17-25(29-27(31)32-18(2)19-6-4-3-5-7-19)26(33-30-17)21-10-8-20(9-11-21)22-12-13-23-15-28-16-24(23)14-22/h3-14,18,28H,15-16H2,1-2H3,(H,29,31). The Hall–Kier alpha value is -3.90. The number of carbonyl (C=O) groups is 1. The summed E-state index contributed by atoms with van der Waals surface area (Å²) in [6.45, 7) is 5.47. The number of hydrogen-bond acceptors (Lipinski definition) is 5. The molecule has 6 heteroatoms. The van der Waals surface area contributed by atoms with E-state index in [0.717, 1.165) is 29.8 Å². The van der Waals surface area contributed by atoms with Crippen molar-refractivity contribution in [3.63, 3.8) is 0 Å². The Labute approximate surface area is 192 Å². The summed E-state index contributed by atoms with van der Waals surface area (Å²) in [6.07, 6.45) is -0.932. The first-order chi connectivity index (χ1) is 16.1. The van der Waals surface area contributed by atoms with Gasteiger partial charge in [0, 0.05) is 18.7 Å². The van der Waals surface area contributed by atoms with Gasteiger partial charge in [-0.2, -0.15) is 0 Å². The minimum atomic E-state index is -0.553. The smallest absolute Gasteiger partial charge is 0.412 e. The number of carbonyl (C=O) groups excluding carboxylic acids is 1. The molecule has 4 aromatic rings. The van der Waals surface area contributed by atoms with Gasteiger partial charge < -0.3 is 14.6 Å². The van der Waals surface area contributed by atoms with Crippen LogP contribution in [-0.4, -0.2) is 11.2 Å². The quantitative estimate of drug-likeness (QED) is 0.385. The Morgan fingerprint density at radius 2 is 1.67 bits per heavy atom. The predicted molar refractivity (Wildman–Crippen MR) is 128 cm³/mol. The molecular weight excluding hydrogens is 414 g/mol. The lowest BCUT2D eigenvalue weighted by atomic mass is 9.99. The van der Waals surface area contributed by atoms with Crippen LogP contribution in [0.3, 0.4) is 0 Å². The number of aryl methyl sites for hydroxylation is 1. The van der Waals surface area contributed by atoms with E-state index in [9.17, 15) is 4.79 Å². The molecule has 1 atom stereocenters. The topological polar surface area (TPSA) is 76.4 Å². The monoisotopic (exact) mass is 439 g/mol. The number of nitrogens with one attached hydrogen (secondary N) is 2. The van der Waals surface area contributed by atoms with Crippen molar-refractivity contribution in [2.75, 3.05) is 5.32 Å². The fourth-order valence-corrected chi connectivity index (χ4v) is 4.09. The molecule has 2 N–H and O–H groups in total. The number of hydrogen-bond donors (Lipinski definition) is 2. The first-order valence-electron chi connectivity index (χ1n) is 11.0. The average Bonchev–Trinajstić information content (AvgIpc) is 3.46. The van der Waals surface area contributed by atoms with Crippen molar-refractivity contribution in [3.05, 3.63) is 95.2 Å². The zero-order valence-corrected chi connectivity index (χ0v) is 18.6. The van der Waals surface area contributed by atoms with E-state index in [2.05, 4.69) is 46.1 Å². The van der Waals surface area contributed by atoms with Crippen molar-refractivity contribution in [2.45, 2.75) is 33.0 Å². The van der Waals surface area contributed by atoms with Crippen LogP contribution in [0.15, 0.2) is 77.3 Å². The average molecular weight is 440 g/mol. The lowest BCUT2D eigenvalue weighted by Gasteiger charge is -2.14. The molecule has 2 heterocycles. The van der Waals surface area contributed by atoms with Gasteiger partial charge in [-0.3, -0.25) is 5.32 Å². The van der Waals surface area contributed by atoms with E-state index in [1.165, 1.54) is 16.7 Å². The number of aromatic nitrogens is 1. The van der Waals surface area contributed by atoms with Gasteiger partial charge in [0.1, 0.15) is 17.5 Å². The summed E-state index contributed by atoms with van der Waals surface area (Å²) >= 11 is 0. The van der Waals surface area contributed by atoms with E-state index in [1.54, 1.807) is 6.92 Å². The third kappa shape index (κ3) is 4.38. The van der Waals surface area contributed by atoms with Gasteiger partial charge in [0.05, 0.1) is 0 Å². The molecule has 1 unspecified atom stereocenters. The molecule has 0 spiro atoms. The molecule has 166 valence electrons. The molecule has 0 bridgehead atoms. The fourth-order valence-electron chi connectivity index (χ4n) is 4.09. The number of ether oxygens (including phenoxy) is 1. The molecule has 1 amide bonds. The normalized spacial score (nSPS) is 13.4. The van der Waals surface area contributed by atoms with Crippen LogP contribution in [0.5, 0.6) is 0 Å². The van der Waals surface area contributed by atoms with Crippen LogP contribution < -0.4 is 10.6 Å². The fraction of sp³-hybridized carbons (Fsp3) is 0.185. The Morgan fingerprint density at radius 3 is 2.45 bits per heavy atom. The second kappa shape index (κ2) is 8.92. The highest BCUT2D eigenvalue weighted by molar-refractivity contribution is 5.91. The minimum absolute atomic E-state index is 0.378. The molecule has 0 aliphatic carbocycles. The molecule has 6 nitrogen and oxygen atoms in total. The van der Waals surface area contributed by atoms with E-state index in [1.807, 2.05) is 49.4 Å². The Kier molecular flexibility index (Phi) is 5.67. The van der Waals surface area contributed by atoms with Crippen LogP contribution in [0, 0.1) is 6.92 Å². The number of amides is 1. The third-order valence-corrected chi connectivity index (χ3v) is 5.96. The second-order valence-corrected chi connectivity index (χ2v) is 8.22. The van der Waals surface area contributed by atoms with E-state index >= 15 is 0 Å². The van der Waals surface area contributed by atoms with Crippen molar-refractivity contribution in [1.82, 2.24) is 10.5 Å². The van der Waals surface area contributed by atoms with Gasteiger partial charge in [0.2, 0.25) is 0 Å². The van der Waals surface area contributed by atoms with Crippen molar-refractivity contribution in [1.29, 1.82) is 0 Å². The number of fused-ring (bicyclic) bond motifs is 1. The highest BCUT2D eigenvalue weighted by Crippen LogP contribution is 2.33. The van der Waals surface area contributed by atoms with Crippen LogP contribution in [0.1, 0.15) is 35.4 Å². The second-order valence-electron chi connectivity index (χ2n) is 8.22. The van der Waals surface area contributed by atoms with Crippen molar-refractivity contribution in [3.8, 4) is 22.5 Å². The van der Waals surface area contributed by atoms with Gasteiger partial charge in [-0.1, -0.05) is 71.9 Å². The van der Waals surface area contributed by atoms with Crippen LogP contribution in [0.25, 0.3) is 22.5 Å². The number of benzene rings is 3. The largest absolute Gasteiger partial charge is 0.441 e. The molecule has 3 aromatic carbocycles. The lowest BCUT2D eigenvalue weighted by molar-refractivity contribution is 0.121. The Balaban J connectivity index is 1.33. The van der Waals surface area contributed by atoms with Gasteiger partial charge in [-0.05, 0) is 47.7 Å². The Bertz CT molecular complexity index is 1280. The Morgan fingerprint density at radius 1 is 0.970 bits per heavy atom. The van der Waals surface area contributed by atoms with Crippen molar-refractivity contribution in [2.24, 2.45) is 0 Å². The van der Waals surface area contributed by atoms with E-state index in [0.29, 0.717) is 17.1 Å². The molecule has 0 radical (unpaired) electrons. The maximum absolute atomic E-state index is 12.6. The number of anilines is 1. The minimum Gasteiger partial charge on any atom is -0.441 e. The van der Waals surface area contributed by atoms with E-state index in [-0.39, 0.29) is 6.10 Å². The molecule has 0 saturated carbocycles. The highest BCUT2D eigenvalue weighted by Gasteiger charge is 2.20. The maximum atomic E-state index is 12.6. The van der Waals surface area contributed by atoms with Gasteiger partial charge >= 0.3 is 6.09 Å². The van der Waals surface area contributed by atoms with Gasteiger partial charge in [-0.25, -0.2) is 4.79 Å². The van der Waals surface area contributed by atoms with E-state index < -0.39 is 6.09 Å². The molecular formula is C27H25N3O3. The summed E-state index contributed by atoms with van der Waals surface area (Å²) in [7, 11) is 0.